The standard InChI is InChI=1S/C8H10N2OS/c11-7-3-4-9-8(10-7)12-5-6-1-2-6/h3-4,6H,1-2,5H2,(H,9,10,11). The Morgan fingerprint density at radius 3 is 3.17 bits per heavy atom. The fourth-order valence-electron chi connectivity index (χ4n) is 0.907. The molecule has 2 rings (SSSR count). The SMILES string of the molecule is O=c1ccnc(SCC2CC2)[nH]1. The van der Waals surface area contributed by atoms with Crippen LogP contribution in [0.1, 0.15) is 12.8 Å². The third-order valence-corrected chi connectivity index (χ3v) is 2.92. The number of thioether (sulfide) groups is 1. The molecule has 0 aromatic carbocycles. The maximum atomic E-state index is 10.8. The van der Waals surface area contributed by atoms with E-state index in [1.807, 2.05) is 0 Å². The zero-order valence-corrected chi connectivity index (χ0v) is 7.43. The van der Waals surface area contributed by atoms with E-state index < -0.39 is 0 Å². The van der Waals surface area contributed by atoms with E-state index in [-0.39, 0.29) is 5.56 Å². The predicted molar refractivity (Wildman–Crippen MR) is 48.3 cm³/mol. The lowest BCUT2D eigenvalue weighted by atomic mass is 10.5. The van der Waals surface area contributed by atoms with Gasteiger partial charge in [0.1, 0.15) is 0 Å². The predicted octanol–water partition coefficient (Wildman–Crippen LogP) is 1.27. The van der Waals surface area contributed by atoms with E-state index in [0.717, 1.165) is 16.8 Å². The maximum Gasteiger partial charge on any atom is 0.251 e. The number of nitrogens with one attached hydrogen (secondary N) is 1. The van der Waals surface area contributed by atoms with E-state index in [4.69, 9.17) is 0 Å². The first-order valence-electron chi connectivity index (χ1n) is 4.03. The van der Waals surface area contributed by atoms with Gasteiger partial charge in [0.15, 0.2) is 5.16 Å². The molecule has 0 saturated heterocycles. The fourth-order valence-corrected chi connectivity index (χ4v) is 1.94. The molecule has 0 radical (unpaired) electrons. The van der Waals surface area contributed by atoms with Crippen LogP contribution in [0.5, 0.6) is 0 Å². The number of hydrogen-bond donors (Lipinski definition) is 1. The number of nitrogens with zero attached hydrogens (tertiary/aromatic N) is 1. The summed E-state index contributed by atoms with van der Waals surface area (Å²) in [4.78, 5) is 17.6. The summed E-state index contributed by atoms with van der Waals surface area (Å²) in [5, 5.41) is 0.745. The highest BCUT2D eigenvalue weighted by atomic mass is 32.2. The zero-order chi connectivity index (χ0) is 8.39. The molecule has 1 heterocycles. The Hall–Kier alpha value is -0.770. The summed E-state index contributed by atoms with van der Waals surface area (Å²) in [7, 11) is 0. The lowest BCUT2D eigenvalue weighted by Crippen LogP contribution is -2.05. The van der Waals surface area contributed by atoms with Crippen LogP contribution in [0.25, 0.3) is 0 Å². The van der Waals surface area contributed by atoms with Crippen molar-refractivity contribution in [3.05, 3.63) is 22.6 Å². The van der Waals surface area contributed by atoms with Crippen LogP contribution >= 0.6 is 11.8 Å². The minimum atomic E-state index is -0.0664. The third-order valence-electron chi connectivity index (χ3n) is 1.80. The van der Waals surface area contributed by atoms with Crippen LogP contribution < -0.4 is 5.56 Å². The molecule has 1 aliphatic rings. The highest BCUT2D eigenvalue weighted by molar-refractivity contribution is 7.99. The molecule has 1 aromatic heterocycles. The summed E-state index contributed by atoms with van der Waals surface area (Å²) in [5.74, 6) is 1.95. The molecule has 0 aliphatic heterocycles. The van der Waals surface area contributed by atoms with Crippen molar-refractivity contribution in [2.75, 3.05) is 5.75 Å². The Kier molecular flexibility index (Phi) is 2.17. The summed E-state index contributed by atoms with van der Waals surface area (Å²) in [6, 6.07) is 1.43. The molecule has 0 bridgehead atoms. The van der Waals surface area contributed by atoms with Gasteiger partial charge in [-0.3, -0.25) is 4.79 Å². The van der Waals surface area contributed by atoms with Crippen LogP contribution in [0, 0.1) is 5.92 Å². The minimum Gasteiger partial charge on any atom is -0.301 e. The first-order chi connectivity index (χ1) is 5.84. The van der Waals surface area contributed by atoms with E-state index in [2.05, 4.69) is 9.97 Å². The molecule has 1 N–H and O–H groups in total. The summed E-state index contributed by atoms with van der Waals surface area (Å²) >= 11 is 1.64. The first kappa shape index (κ1) is 7.86. The number of hydrogen-bond acceptors (Lipinski definition) is 3. The second kappa shape index (κ2) is 3.31. The molecular weight excluding hydrogens is 172 g/mol. The maximum absolute atomic E-state index is 10.8. The molecule has 0 amide bonds. The molecule has 4 heteroatoms. The van der Waals surface area contributed by atoms with Crippen molar-refractivity contribution < 1.29 is 0 Å². The highest BCUT2D eigenvalue weighted by Crippen LogP contribution is 2.33. The number of rotatable bonds is 3. The summed E-state index contributed by atoms with van der Waals surface area (Å²) in [6.45, 7) is 0. The van der Waals surface area contributed by atoms with Gasteiger partial charge in [0.25, 0.3) is 5.56 Å². The molecule has 3 nitrogen and oxygen atoms in total. The second-order valence-electron chi connectivity index (χ2n) is 2.99. The lowest BCUT2D eigenvalue weighted by Gasteiger charge is -1.96. The molecule has 64 valence electrons. The van der Waals surface area contributed by atoms with Crippen LogP contribution in [-0.2, 0) is 0 Å². The number of aromatic nitrogens is 2. The van der Waals surface area contributed by atoms with Gasteiger partial charge >= 0.3 is 0 Å². The molecule has 1 saturated carbocycles. The Labute approximate surface area is 74.6 Å². The van der Waals surface area contributed by atoms with Crippen molar-refractivity contribution in [1.82, 2.24) is 9.97 Å². The minimum absolute atomic E-state index is 0.0664. The van der Waals surface area contributed by atoms with E-state index in [1.165, 1.54) is 18.9 Å². The van der Waals surface area contributed by atoms with Crippen molar-refractivity contribution in [3.8, 4) is 0 Å². The van der Waals surface area contributed by atoms with Crippen molar-refractivity contribution >= 4 is 11.8 Å². The van der Waals surface area contributed by atoms with Gasteiger partial charge in [0.2, 0.25) is 0 Å². The van der Waals surface area contributed by atoms with Crippen molar-refractivity contribution in [3.63, 3.8) is 0 Å². The largest absolute Gasteiger partial charge is 0.301 e. The van der Waals surface area contributed by atoms with Gasteiger partial charge in [-0.1, -0.05) is 11.8 Å². The van der Waals surface area contributed by atoms with Crippen LogP contribution in [0.15, 0.2) is 22.2 Å². The van der Waals surface area contributed by atoms with Gasteiger partial charge in [-0.05, 0) is 18.8 Å². The Morgan fingerprint density at radius 1 is 1.67 bits per heavy atom. The molecule has 1 fully saturated rings. The smallest absolute Gasteiger partial charge is 0.251 e. The van der Waals surface area contributed by atoms with Gasteiger partial charge in [-0.2, -0.15) is 0 Å². The number of H-pyrrole nitrogens is 1. The molecular formula is C8H10N2OS. The van der Waals surface area contributed by atoms with E-state index in [1.54, 1.807) is 18.0 Å². The summed E-state index contributed by atoms with van der Waals surface area (Å²) in [5.41, 5.74) is -0.0664. The topological polar surface area (TPSA) is 45.8 Å². The fraction of sp³-hybridized carbons (Fsp3) is 0.500. The van der Waals surface area contributed by atoms with Crippen LogP contribution in [0.3, 0.4) is 0 Å². The van der Waals surface area contributed by atoms with Crippen molar-refractivity contribution in [2.24, 2.45) is 5.92 Å². The molecule has 1 aromatic rings. The van der Waals surface area contributed by atoms with E-state index in [9.17, 15) is 4.79 Å². The summed E-state index contributed by atoms with van der Waals surface area (Å²) in [6.07, 6.45) is 4.22. The average Bonchev–Trinajstić information content (AvgIpc) is 2.84. The highest BCUT2D eigenvalue weighted by Gasteiger charge is 2.21. The molecule has 1 aliphatic carbocycles. The van der Waals surface area contributed by atoms with Crippen molar-refractivity contribution in [1.29, 1.82) is 0 Å². The second-order valence-corrected chi connectivity index (χ2v) is 4.00. The zero-order valence-electron chi connectivity index (χ0n) is 6.62. The number of aromatic amines is 1. The van der Waals surface area contributed by atoms with Gasteiger partial charge in [0, 0.05) is 18.0 Å². The molecule has 0 unspecified atom stereocenters. The molecule has 12 heavy (non-hydrogen) atoms. The molecule has 0 spiro atoms. The Balaban J connectivity index is 1.97. The lowest BCUT2D eigenvalue weighted by molar-refractivity contribution is 0.923. The molecule has 0 atom stereocenters. The van der Waals surface area contributed by atoms with Gasteiger partial charge in [-0.15, -0.1) is 0 Å². The van der Waals surface area contributed by atoms with Crippen molar-refractivity contribution in [2.45, 2.75) is 18.0 Å². The first-order valence-corrected chi connectivity index (χ1v) is 5.01. The van der Waals surface area contributed by atoms with Crippen LogP contribution in [-0.4, -0.2) is 15.7 Å². The van der Waals surface area contributed by atoms with Crippen LogP contribution in [0.4, 0.5) is 0 Å². The monoisotopic (exact) mass is 182 g/mol. The average molecular weight is 182 g/mol. The normalized spacial score (nSPS) is 16.3. The Bertz CT molecular complexity index is 319. The van der Waals surface area contributed by atoms with E-state index in [0.29, 0.717) is 0 Å². The third kappa shape index (κ3) is 2.11. The van der Waals surface area contributed by atoms with E-state index >= 15 is 0 Å². The van der Waals surface area contributed by atoms with Gasteiger partial charge in [0.05, 0.1) is 0 Å². The summed E-state index contributed by atoms with van der Waals surface area (Å²) < 4.78 is 0. The van der Waals surface area contributed by atoms with Gasteiger partial charge < -0.3 is 4.98 Å². The van der Waals surface area contributed by atoms with Gasteiger partial charge in [-0.25, -0.2) is 4.98 Å². The quantitative estimate of drug-likeness (QED) is 0.565. The van der Waals surface area contributed by atoms with Crippen LogP contribution in [0.2, 0.25) is 0 Å². The Morgan fingerprint density at radius 2 is 2.50 bits per heavy atom.